The fourth-order valence-corrected chi connectivity index (χ4v) is 8.91. The molecule has 3 aliphatic rings. The first-order valence-corrected chi connectivity index (χ1v) is 12.3. The number of carbonyl (C=O) groups is 1. The SMILES string of the molecule is CCCCCC[C@@H](CCC)C(=O)N1C[C@@]23CCC(CC2S1(=O)=O)C3(C)C. The van der Waals surface area contributed by atoms with Crippen molar-refractivity contribution in [2.24, 2.45) is 22.7 Å². The highest BCUT2D eigenvalue weighted by Gasteiger charge is 2.72. The van der Waals surface area contributed by atoms with Gasteiger partial charge in [0.1, 0.15) is 0 Å². The van der Waals surface area contributed by atoms with Crippen LogP contribution in [-0.2, 0) is 14.8 Å². The molecular weight excluding hydrogens is 346 g/mol. The molecule has 2 saturated carbocycles. The number of hydrogen-bond donors (Lipinski definition) is 0. The van der Waals surface area contributed by atoms with E-state index in [4.69, 9.17) is 0 Å². The van der Waals surface area contributed by atoms with Crippen LogP contribution in [-0.4, -0.2) is 30.4 Å². The predicted molar refractivity (Wildman–Crippen MR) is 105 cm³/mol. The monoisotopic (exact) mass is 383 g/mol. The third kappa shape index (κ3) is 2.84. The highest BCUT2D eigenvalue weighted by Crippen LogP contribution is 2.70. The molecule has 4 atom stereocenters. The summed E-state index contributed by atoms with van der Waals surface area (Å²) in [7, 11) is -3.49. The summed E-state index contributed by atoms with van der Waals surface area (Å²) in [4.78, 5) is 13.3. The first-order chi connectivity index (χ1) is 12.2. The Labute approximate surface area is 160 Å². The Morgan fingerprint density at radius 2 is 1.85 bits per heavy atom. The van der Waals surface area contributed by atoms with Crippen LogP contribution < -0.4 is 0 Å². The van der Waals surface area contributed by atoms with Gasteiger partial charge in [0.2, 0.25) is 15.9 Å². The van der Waals surface area contributed by atoms with Gasteiger partial charge in [0.25, 0.3) is 0 Å². The molecule has 1 amide bonds. The van der Waals surface area contributed by atoms with Crippen molar-refractivity contribution in [2.75, 3.05) is 6.54 Å². The van der Waals surface area contributed by atoms with E-state index >= 15 is 0 Å². The van der Waals surface area contributed by atoms with E-state index in [0.717, 1.165) is 51.4 Å². The molecule has 0 aromatic rings. The lowest BCUT2D eigenvalue weighted by atomic mass is 9.69. The van der Waals surface area contributed by atoms with E-state index in [9.17, 15) is 13.2 Å². The van der Waals surface area contributed by atoms with Crippen LogP contribution in [0, 0.1) is 22.7 Å². The van der Waals surface area contributed by atoms with Crippen LogP contribution in [0.3, 0.4) is 0 Å². The van der Waals surface area contributed by atoms with Crippen LogP contribution in [0.25, 0.3) is 0 Å². The fraction of sp³-hybridized carbons (Fsp3) is 0.952. The summed E-state index contributed by atoms with van der Waals surface area (Å²) in [5.74, 6) is 0.272. The Balaban J connectivity index is 1.79. The number of amides is 1. The number of unbranched alkanes of at least 4 members (excludes halogenated alkanes) is 3. The quantitative estimate of drug-likeness (QED) is 0.569. The lowest BCUT2D eigenvalue weighted by molar-refractivity contribution is -0.132. The van der Waals surface area contributed by atoms with Crippen LogP contribution in [0.15, 0.2) is 0 Å². The van der Waals surface area contributed by atoms with Gasteiger partial charge in [-0.2, -0.15) is 0 Å². The molecule has 0 aromatic carbocycles. The van der Waals surface area contributed by atoms with Crippen molar-refractivity contribution in [3.05, 3.63) is 0 Å². The standard InChI is InChI=1S/C21H37NO3S/c1-5-7-8-9-11-16(10-6-2)19(23)22-15-21-13-12-17(20(21,3)4)14-18(21)26(22,24)25/h16-18H,5-15H2,1-4H3/t16-,17?,18?,21+/m1/s1. The minimum absolute atomic E-state index is 0.0289. The lowest BCUT2D eigenvalue weighted by Crippen LogP contribution is -2.41. The number of rotatable bonds is 8. The Hall–Kier alpha value is -0.580. The van der Waals surface area contributed by atoms with Crippen molar-refractivity contribution in [1.29, 1.82) is 0 Å². The summed E-state index contributed by atoms with van der Waals surface area (Å²) < 4.78 is 27.9. The summed E-state index contributed by atoms with van der Waals surface area (Å²) >= 11 is 0. The Kier molecular flexibility index (Phi) is 5.51. The molecule has 3 rings (SSSR count). The van der Waals surface area contributed by atoms with Crippen LogP contribution in [0.5, 0.6) is 0 Å². The van der Waals surface area contributed by atoms with Crippen molar-refractivity contribution in [1.82, 2.24) is 4.31 Å². The molecule has 1 heterocycles. The smallest absolute Gasteiger partial charge is 0.240 e. The number of sulfonamides is 1. The summed E-state index contributed by atoms with van der Waals surface area (Å²) in [5.41, 5.74) is -0.174. The molecule has 2 bridgehead atoms. The van der Waals surface area contributed by atoms with E-state index in [1.165, 1.54) is 17.1 Å². The zero-order chi connectivity index (χ0) is 19.2. The van der Waals surface area contributed by atoms with E-state index in [1.54, 1.807) is 0 Å². The van der Waals surface area contributed by atoms with E-state index in [2.05, 4.69) is 27.7 Å². The number of nitrogens with zero attached hydrogens (tertiary/aromatic N) is 1. The Bertz CT molecular complexity index is 642. The van der Waals surface area contributed by atoms with Gasteiger partial charge in [0.15, 0.2) is 0 Å². The van der Waals surface area contributed by atoms with Gasteiger partial charge in [-0.05, 0) is 43.4 Å². The first-order valence-electron chi connectivity index (χ1n) is 10.8. The van der Waals surface area contributed by atoms with Crippen molar-refractivity contribution in [3.63, 3.8) is 0 Å². The van der Waals surface area contributed by atoms with Crippen LogP contribution in [0.2, 0.25) is 0 Å². The van der Waals surface area contributed by atoms with E-state index < -0.39 is 10.0 Å². The molecular formula is C21H37NO3S. The Morgan fingerprint density at radius 3 is 2.42 bits per heavy atom. The van der Waals surface area contributed by atoms with Crippen molar-refractivity contribution >= 4 is 15.9 Å². The zero-order valence-electron chi connectivity index (χ0n) is 17.1. The van der Waals surface area contributed by atoms with Gasteiger partial charge in [-0.3, -0.25) is 4.79 Å². The minimum Gasteiger partial charge on any atom is -0.273 e. The largest absolute Gasteiger partial charge is 0.273 e. The number of fused-ring (bicyclic) bond motifs is 1. The average Bonchev–Trinajstić information content (AvgIpc) is 3.08. The molecule has 2 aliphatic carbocycles. The van der Waals surface area contributed by atoms with Gasteiger partial charge in [0.05, 0.1) is 5.25 Å². The molecule has 1 aliphatic heterocycles. The molecule has 2 unspecified atom stereocenters. The summed E-state index contributed by atoms with van der Waals surface area (Å²) in [6.07, 6.45) is 9.95. The third-order valence-electron chi connectivity index (χ3n) is 8.09. The highest BCUT2D eigenvalue weighted by atomic mass is 32.2. The van der Waals surface area contributed by atoms with Crippen LogP contribution in [0.1, 0.15) is 91.9 Å². The predicted octanol–water partition coefficient (Wildman–Crippen LogP) is 4.74. The average molecular weight is 384 g/mol. The molecule has 150 valence electrons. The molecule has 3 fully saturated rings. The normalized spacial score (nSPS) is 34.8. The maximum absolute atomic E-state index is 13.3. The lowest BCUT2D eigenvalue weighted by Gasteiger charge is -2.36. The van der Waals surface area contributed by atoms with Crippen molar-refractivity contribution in [3.8, 4) is 0 Å². The van der Waals surface area contributed by atoms with Gasteiger partial charge in [-0.1, -0.05) is 59.8 Å². The Morgan fingerprint density at radius 1 is 1.12 bits per heavy atom. The summed E-state index contributed by atoms with van der Waals surface area (Å²) in [6, 6.07) is 0. The molecule has 26 heavy (non-hydrogen) atoms. The molecule has 0 N–H and O–H groups in total. The molecule has 4 nitrogen and oxygen atoms in total. The van der Waals surface area contributed by atoms with Gasteiger partial charge in [-0.15, -0.1) is 0 Å². The summed E-state index contributed by atoms with van der Waals surface area (Å²) in [5, 5.41) is -0.324. The second-order valence-corrected chi connectivity index (χ2v) is 11.6. The molecule has 1 spiro atoms. The molecule has 0 aromatic heterocycles. The van der Waals surface area contributed by atoms with Gasteiger partial charge in [0, 0.05) is 17.9 Å². The fourth-order valence-electron chi connectivity index (χ4n) is 6.25. The van der Waals surface area contributed by atoms with Crippen LogP contribution in [0.4, 0.5) is 0 Å². The minimum atomic E-state index is -3.49. The second kappa shape index (κ2) is 7.10. The molecule has 1 saturated heterocycles. The van der Waals surface area contributed by atoms with Crippen molar-refractivity contribution < 1.29 is 13.2 Å². The van der Waals surface area contributed by atoms with E-state index in [-0.39, 0.29) is 27.9 Å². The van der Waals surface area contributed by atoms with Gasteiger partial charge >= 0.3 is 0 Å². The number of carbonyl (C=O) groups excluding carboxylic acids is 1. The van der Waals surface area contributed by atoms with Crippen molar-refractivity contribution in [2.45, 2.75) is 97.2 Å². The molecule has 5 heteroatoms. The first kappa shape index (κ1) is 20.2. The highest BCUT2D eigenvalue weighted by molar-refractivity contribution is 7.90. The van der Waals surface area contributed by atoms with Gasteiger partial charge in [-0.25, -0.2) is 12.7 Å². The zero-order valence-corrected chi connectivity index (χ0v) is 17.9. The van der Waals surface area contributed by atoms with E-state index in [0.29, 0.717) is 12.5 Å². The van der Waals surface area contributed by atoms with E-state index in [1.807, 2.05) is 0 Å². The maximum atomic E-state index is 13.3. The third-order valence-corrected chi connectivity index (χ3v) is 10.4. The maximum Gasteiger partial charge on any atom is 0.240 e. The molecule has 0 radical (unpaired) electrons. The number of hydrogen-bond acceptors (Lipinski definition) is 3. The van der Waals surface area contributed by atoms with Gasteiger partial charge < -0.3 is 0 Å². The second-order valence-electron chi connectivity index (χ2n) is 9.56. The summed E-state index contributed by atoms with van der Waals surface area (Å²) in [6.45, 7) is 9.19. The topological polar surface area (TPSA) is 54.5 Å². The van der Waals surface area contributed by atoms with Crippen LogP contribution >= 0.6 is 0 Å².